The molecule has 0 radical (unpaired) electrons. The summed E-state index contributed by atoms with van der Waals surface area (Å²) in [6.45, 7) is 0. The van der Waals surface area contributed by atoms with Gasteiger partial charge in [-0.15, -0.1) is 0 Å². The minimum atomic E-state index is -3.92. The number of nitrogens with one attached hydrogen (secondary N) is 3. The number of rotatable bonds is 9. The highest BCUT2D eigenvalue weighted by atomic mass is 31.2. The predicted octanol–water partition coefficient (Wildman–Crippen LogP) is 9.30. The highest BCUT2D eigenvalue weighted by Crippen LogP contribution is 2.49. The van der Waals surface area contributed by atoms with Crippen LogP contribution in [-0.2, 0) is 4.57 Å². The van der Waals surface area contributed by atoms with E-state index in [9.17, 15) is 4.57 Å². The first-order valence-electron chi connectivity index (χ1n) is 13.7. The summed E-state index contributed by atoms with van der Waals surface area (Å²) < 4.78 is 31.6. The van der Waals surface area contributed by atoms with Gasteiger partial charge in [0.1, 0.15) is 17.2 Å². The predicted molar refractivity (Wildman–Crippen MR) is 173 cm³/mol. The number of methoxy groups -OCH3 is 1. The monoisotopic (exact) mass is 586 g/mol. The molecule has 0 unspecified atom stereocenters. The smallest absolute Gasteiger partial charge is 0.494 e. The number of aromatic amines is 1. The topological polar surface area (TPSA) is 97.5 Å². The molecule has 0 aliphatic rings. The van der Waals surface area contributed by atoms with Crippen molar-refractivity contribution in [2.75, 3.05) is 17.5 Å². The van der Waals surface area contributed by atoms with Gasteiger partial charge in [-0.3, -0.25) is 5.09 Å². The highest BCUT2D eigenvalue weighted by Gasteiger charge is 2.29. The second-order valence-corrected chi connectivity index (χ2v) is 11.4. The average Bonchev–Trinajstić information content (AvgIpc) is 3.41. The Kier molecular flexibility index (Phi) is 6.81. The van der Waals surface area contributed by atoms with Crippen LogP contribution in [0.15, 0.2) is 127 Å². The SMILES string of the molecule is COc1cc(NP(=O)(Oc2ccccc2)Oc2ccccc2)ccc1Nc1c2ccccc2nc2c1[nH]c1ccccc12. The zero-order chi connectivity index (χ0) is 29.2. The van der Waals surface area contributed by atoms with E-state index in [2.05, 4.69) is 21.5 Å². The van der Waals surface area contributed by atoms with Crippen LogP contribution in [0.4, 0.5) is 17.1 Å². The molecule has 9 heteroatoms. The second kappa shape index (κ2) is 11.1. The van der Waals surface area contributed by atoms with Crippen LogP contribution in [0.1, 0.15) is 0 Å². The van der Waals surface area contributed by atoms with Crippen molar-refractivity contribution >= 4 is 57.6 Å². The molecule has 0 fully saturated rings. The zero-order valence-electron chi connectivity index (χ0n) is 23.2. The van der Waals surface area contributed by atoms with Gasteiger partial charge in [-0.05, 0) is 48.5 Å². The fourth-order valence-corrected chi connectivity index (χ4v) is 6.44. The molecular weight excluding hydrogens is 559 g/mol. The molecule has 7 rings (SSSR count). The van der Waals surface area contributed by atoms with E-state index < -0.39 is 7.75 Å². The van der Waals surface area contributed by atoms with Crippen molar-refractivity contribution in [3.63, 3.8) is 0 Å². The van der Waals surface area contributed by atoms with Gasteiger partial charge >= 0.3 is 7.75 Å². The molecule has 5 aromatic carbocycles. The molecular formula is C34H27N4O4P. The van der Waals surface area contributed by atoms with Gasteiger partial charge < -0.3 is 24.1 Å². The van der Waals surface area contributed by atoms with Gasteiger partial charge in [0.25, 0.3) is 0 Å². The number of pyridine rings is 1. The lowest BCUT2D eigenvalue weighted by Gasteiger charge is -2.22. The number of anilines is 3. The molecule has 43 heavy (non-hydrogen) atoms. The lowest BCUT2D eigenvalue weighted by Crippen LogP contribution is -2.10. The van der Waals surface area contributed by atoms with Crippen molar-refractivity contribution in [1.29, 1.82) is 0 Å². The van der Waals surface area contributed by atoms with E-state index in [4.69, 9.17) is 18.8 Å². The van der Waals surface area contributed by atoms with Crippen LogP contribution in [-0.4, -0.2) is 17.1 Å². The van der Waals surface area contributed by atoms with Crippen molar-refractivity contribution in [2.24, 2.45) is 0 Å². The summed E-state index contributed by atoms with van der Waals surface area (Å²) in [6.07, 6.45) is 0. The first-order chi connectivity index (χ1) is 21.1. The molecule has 0 aliphatic carbocycles. The first-order valence-corrected chi connectivity index (χ1v) is 15.2. The van der Waals surface area contributed by atoms with E-state index in [1.54, 1.807) is 67.8 Å². The summed E-state index contributed by atoms with van der Waals surface area (Å²) in [6, 6.07) is 39.4. The van der Waals surface area contributed by atoms with Crippen molar-refractivity contribution in [3.8, 4) is 17.2 Å². The Hall–Kier alpha value is -5.46. The summed E-state index contributed by atoms with van der Waals surface area (Å²) in [5.74, 6) is 1.35. The van der Waals surface area contributed by atoms with E-state index >= 15 is 0 Å². The van der Waals surface area contributed by atoms with Gasteiger partial charge in [0.05, 0.1) is 35.0 Å². The highest BCUT2D eigenvalue weighted by molar-refractivity contribution is 7.56. The molecule has 3 N–H and O–H groups in total. The Morgan fingerprint density at radius 1 is 0.721 bits per heavy atom. The van der Waals surface area contributed by atoms with Gasteiger partial charge in [-0.1, -0.05) is 72.8 Å². The third kappa shape index (κ3) is 5.32. The number of nitrogens with zero attached hydrogens (tertiary/aromatic N) is 1. The van der Waals surface area contributed by atoms with E-state index in [-0.39, 0.29) is 0 Å². The molecule has 0 saturated carbocycles. The maximum Gasteiger partial charge on any atom is 0.541 e. The second-order valence-electron chi connectivity index (χ2n) is 9.86. The molecule has 212 valence electrons. The van der Waals surface area contributed by atoms with Crippen molar-refractivity contribution < 1.29 is 18.3 Å². The van der Waals surface area contributed by atoms with Crippen LogP contribution in [0, 0.1) is 0 Å². The summed E-state index contributed by atoms with van der Waals surface area (Å²) in [4.78, 5) is 8.50. The number of aromatic nitrogens is 2. The number of benzene rings is 5. The maximum atomic E-state index is 14.1. The molecule has 7 aromatic rings. The summed E-state index contributed by atoms with van der Waals surface area (Å²) in [5.41, 5.74) is 5.73. The van der Waals surface area contributed by atoms with E-state index in [1.807, 2.05) is 60.7 Å². The summed E-state index contributed by atoms with van der Waals surface area (Å²) in [7, 11) is -2.33. The molecule has 0 atom stereocenters. The van der Waals surface area contributed by atoms with Gasteiger partial charge in [-0.25, -0.2) is 9.55 Å². The number of hydrogen-bond donors (Lipinski definition) is 3. The van der Waals surface area contributed by atoms with E-state index in [1.165, 1.54) is 0 Å². The lowest BCUT2D eigenvalue weighted by atomic mass is 10.1. The van der Waals surface area contributed by atoms with Gasteiger partial charge in [-0.2, -0.15) is 0 Å². The number of hydrogen-bond acceptors (Lipinski definition) is 6. The third-order valence-electron chi connectivity index (χ3n) is 7.00. The minimum absolute atomic E-state index is 0.409. The van der Waals surface area contributed by atoms with Crippen LogP contribution in [0.2, 0.25) is 0 Å². The number of H-pyrrole nitrogens is 1. The molecule has 0 saturated heterocycles. The molecule has 0 aliphatic heterocycles. The zero-order valence-corrected chi connectivity index (χ0v) is 24.0. The number of fused-ring (bicyclic) bond motifs is 4. The quantitative estimate of drug-likeness (QED) is 0.145. The summed E-state index contributed by atoms with van der Waals surface area (Å²) in [5, 5.41) is 8.57. The third-order valence-corrected chi connectivity index (χ3v) is 8.43. The van der Waals surface area contributed by atoms with Crippen LogP contribution in [0.3, 0.4) is 0 Å². The fourth-order valence-electron chi connectivity index (χ4n) is 5.05. The molecule has 0 bridgehead atoms. The van der Waals surface area contributed by atoms with E-state index in [0.29, 0.717) is 28.6 Å². The number of ether oxygens (including phenoxy) is 1. The standard InChI is InChI=1S/C34H27N4O4P/c1-40-31-22-23(38-43(39,41-24-12-4-2-5-13-24)42-25-14-6-3-7-15-25)20-21-30(31)37-33-26-16-8-10-18-28(26)35-32-27-17-9-11-19-29(27)36-34(32)33/h2-22,36H,1H3,(H,35,37)(H,38,39). The lowest BCUT2D eigenvalue weighted by molar-refractivity contribution is 0.392. The Morgan fingerprint density at radius 3 is 2.05 bits per heavy atom. The van der Waals surface area contributed by atoms with Crippen LogP contribution < -0.4 is 24.2 Å². The maximum absolute atomic E-state index is 14.1. The fraction of sp³-hybridized carbons (Fsp3) is 0.0294. The van der Waals surface area contributed by atoms with Crippen molar-refractivity contribution in [2.45, 2.75) is 0 Å². The van der Waals surface area contributed by atoms with Crippen LogP contribution in [0.25, 0.3) is 32.8 Å². The Labute approximate surface area is 247 Å². The van der Waals surface area contributed by atoms with Gasteiger partial charge in [0.2, 0.25) is 0 Å². The van der Waals surface area contributed by atoms with Crippen LogP contribution in [0.5, 0.6) is 17.2 Å². The summed E-state index contributed by atoms with van der Waals surface area (Å²) >= 11 is 0. The normalized spacial score (nSPS) is 11.5. The molecule has 0 spiro atoms. The van der Waals surface area contributed by atoms with Crippen LogP contribution >= 0.6 is 7.75 Å². The van der Waals surface area contributed by atoms with Gasteiger partial charge in [0.15, 0.2) is 0 Å². The Balaban J connectivity index is 1.26. The Bertz CT molecular complexity index is 2070. The number of para-hydroxylation sites is 4. The molecule has 2 aromatic heterocycles. The largest absolute Gasteiger partial charge is 0.541 e. The molecule has 8 nitrogen and oxygen atoms in total. The Morgan fingerprint density at radius 2 is 1.35 bits per heavy atom. The average molecular weight is 587 g/mol. The van der Waals surface area contributed by atoms with E-state index in [0.717, 1.165) is 38.5 Å². The molecule has 0 amide bonds. The van der Waals surface area contributed by atoms with Crippen molar-refractivity contribution in [3.05, 3.63) is 127 Å². The van der Waals surface area contributed by atoms with Gasteiger partial charge in [0, 0.05) is 28.0 Å². The molecule has 2 heterocycles. The van der Waals surface area contributed by atoms with Crippen molar-refractivity contribution in [1.82, 2.24) is 9.97 Å². The minimum Gasteiger partial charge on any atom is -0.494 e. The first kappa shape index (κ1) is 26.4.